The molecule has 31 heavy (non-hydrogen) atoms. The van der Waals surface area contributed by atoms with E-state index in [0.717, 1.165) is 5.69 Å². The SMILES string of the molecule is CCOc1ccc(N2C(=O)/C(=C/c3cccn3-c3ccc(Cl)cc3)C(=O)NC2=S)cc1. The topological polar surface area (TPSA) is 63.6 Å². The van der Waals surface area contributed by atoms with Crippen LogP contribution in [0.4, 0.5) is 5.69 Å². The standard InChI is InChI=1S/C23H18ClN3O3S/c1-2-30-19-11-9-17(10-12-19)27-22(29)20(21(28)25-23(27)31)14-18-4-3-13-26(18)16-7-5-15(24)6-8-16/h3-14H,2H2,1H3,(H,25,28,31)/b20-14+. The molecule has 4 rings (SSSR count). The van der Waals surface area contributed by atoms with Crippen molar-refractivity contribution in [3.05, 3.63) is 83.2 Å². The number of rotatable bonds is 5. The first-order valence-electron chi connectivity index (χ1n) is 9.55. The molecule has 2 amide bonds. The molecule has 156 valence electrons. The highest BCUT2D eigenvalue weighted by atomic mass is 35.5. The van der Waals surface area contributed by atoms with Gasteiger partial charge in [0.1, 0.15) is 11.3 Å². The number of thiocarbonyl (C=S) groups is 1. The average molecular weight is 452 g/mol. The molecule has 0 radical (unpaired) electrons. The predicted molar refractivity (Wildman–Crippen MR) is 125 cm³/mol. The second-order valence-electron chi connectivity index (χ2n) is 6.66. The number of amides is 2. The molecule has 2 aromatic carbocycles. The van der Waals surface area contributed by atoms with Gasteiger partial charge in [-0.2, -0.15) is 0 Å². The van der Waals surface area contributed by atoms with Crippen LogP contribution in [-0.2, 0) is 9.59 Å². The summed E-state index contributed by atoms with van der Waals surface area (Å²) in [6, 6.07) is 17.9. The molecule has 1 saturated heterocycles. The smallest absolute Gasteiger partial charge is 0.270 e. The van der Waals surface area contributed by atoms with E-state index < -0.39 is 11.8 Å². The Labute approximate surface area is 189 Å². The van der Waals surface area contributed by atoms with Gasteiger partial charge in [0.25, 0.3) is 11.8 Å². The van der Waals surface area contributed by atoms with Crippen LogP contribution in [0.15, 0.2) is 72.4 Å². The van der Waals surface area contributed by atoms with Gasteiger partial charge in [-0.25, -0.2) is 0 Å². The lowest BCUT2D eigenvalue weighted by Gasteiger charge is -2.29. The Kier molecular flexibility index (Phi) is 5.88. The second kappa shape index (κ2) is 8.75. The third kappa shape index (κ3) is 4.23. The van der Waals surface area contributed by atoms with E-state index in [0.29, 0.717) is 28.8 Å². The van der Waals surface area contributed by atoms with Crippen LogP contribution >= 0.6 is 23.8 Å². The van der Waals surface area contributed by atoms with Crippen molar-refractivity contribution in [1.82, 2.24) is 9.88 Å². The van der Waals surface area contributed by atoms with Gasteiger partial charge in [-0.05, 0) is 85.9 Å². The molecule has 0 spiro atoms. The van der Waals surface area contributed by atoms with Crippen LogP contribution in [0.1, 0.15) is 12.6 Å². The van der Waals surface area contributed by atoms with Gasteiger partial charge in [0.2, 0.25) is 0 Å². The second-order valence-corrected chi connectivity index (χ2v) is 7.49. The first kappa shape index (κ1) is 20.8. The summed E-state index contributed by atoms with van der Waals surface area (Å²) >= 11 is 11.2. The molecule has 1 aromatic heterocycles. The van der Waals surface area contributed by atoms with E-state index in [4.69, 9.17) is 28.6 Å². The largest absolute Gasteiger partial charge is 0.494 e. The normalized spacial score (nSPS) is 15.4. The molecule has 2 heterocycles. The number of ether oxygens (including phenoxy) is 1. The fourth-order valence-electron chi connectivity index (χ4n) is 3.25. The number of carbonyl (C=O) groups excluding carboxylic acids is 2. The molecule has 1 N–H and O–H groups in total. The molecule has 1 aliphatic rings. The molecule has 1 fully saturated rings. The number of nitrogens with one attached hydrogen (secondary N) is 1. The van der Waals surface area contributed by atoms with Gasteiger partial charge in [0.05, 0.1) is 12.3 Å². The molecule has 0 atom stereocenters. The monoisotopic (exact) mass is 451 g/mol. The zero-order valence-electron chi connectivity index (χ0n) is 16.5. The van der Waals surface area contributed by atoms with E-state index >= 15 is 0 Å². The Morgan fingerprint density at radius 1 is 1.03 bits per heavy atom. The Morgan fingerprint density at radius 3 is 2.39 bits per heavy atom. The summed E-state index contributed by atoms with van der Waals surface area (Å²) < 4.78 is 7.30. The predicted octanol–water partition coefficient (Wildman–Crippen LogP) is 4.36. The maximum Gasteiger partial charge on any atom is 0.270 e. The lowest BCUT2D eigenvalue weighted by Crippen LogP contribution is -2.54. The molecular formula is C23H18ClN3O3S. The van der Waals surface area contributed by atoms with Crippen molar-refractivity contribution in [2.45, 2.75) is 6.92 Å². The summed E-state index contributed by atoms with van der Waals surface area (Å²) in [7, 11) is 0. The Hall–Kier alpha value is -3.42. The van der Waals surface area contributed by atoms with Gasteiger partial charge in [-0.1, -0.05) is 11.6 Å². The Balaban J connectivity index is 1.69. The summed E-state index contributed by atoms with van der Waals surface area (Å²) in [4.78, 5) is 27.1. The highest BCUT2D eigenvalue weighted by molar-refractivity contribution is 7.80. The van der Waals surface area contributed by atoms with E-state index in [1.807, 2.05) is 42.0 Å². The molecule has 6 nitrogen and oxygen atoms in total. The third-order valence-corrected chi connectivity index (χ3v) is 5.22. The van der Waals surface area contributed by atoms with Gasteiger partial charge in [0.15, 0.2) is 5.11 Å². The van der Waals surface area contributed by atoms with E-state index in [9.17, 15) is 9.59 Å². The molecule has 3 aromatic rings. The highest BCUT2D eigenvalue weighted by Crippen LogP contribution is 2.25. The van der Waals surface area contributed by atoms with Gasteiger partial charge in [0, 0.05) is 22.6 Å². The number of nitrogens with zero attached hydrogens (tertiary/aromatic N) is 2. The van der Waals surface area contributed by atoms with Gasteiger partial charge in [-0.3, -0.25) is 19.8 Å². The molecule has 0 unspecified atom stereocenters. The first-order valence-corrected chi connectivity index (χ1v) is 10.3. The molecule has 0 bridgehead atoms. The summed E-state index contributed by atoms with van der Waals surface area (Å²) in [6.45, 7) is 2.43. The maximum atomic E-state index is 13.2. The number of hydrogen-bond acceptors (Lipinski definition) is 4. The van der Waals surface area contributed by atoms with Crippen molar-refractivity contribution in [3.8, 4) is 11.4 Å². The van der Waals surface area contributed by atoms with Crippen molar-refractivity contribution in [2.24, 2.45) is 0 Å². The third-order valence-electron chi connectivity index (χ3n) is 4.68. The van der Waals surface area contributed by atoms with Gasteiger partial charge < -0.3 is 9.30 Å². The molecular weight excluding hydrogens is 434 g/mol. The number of anilines is 1. The Bertz CT molecular complexity index is 1180. The van der Waals surface area contributed by atoms with Crippen LogP contribution in [0, 0.1) is 0 Å². The van der Waals surface area contributed by atoms with Crippen LogP contribution in [0.3, 0.4) is 0 Å². The number of aromatic nitrogens is 1. The van der Waals surface area contributed by atoms with E-state index in [-0.39, 0.29) is 10.7 Å². The van der Waals surface area contributed by atoms with Crippen molar-refractivity contribution in [2.75, 3.05) is 11.5 Å². The highest BCUT2D eigenvalue weighted by Gasteiger charge is 2.34. The minimum Gasteiger partial charge on any atom is -0.494 e. The molecule has 8 heteroatoms. The summed E-state index contributed by atoms with van der Waals surface area (Å²) in [5, 5.41) is 3.25. The van der Waals surface area contributed by atoms with Gasteiger partial charge >= 0.3 is 0 Å². The zero-order valence-corrected chi connectivity index (χ0v) is 18.1. The van der Waals surface area contributed by atoms with Crippen molar-refractivity contribution < 1.29 is 14.3 Å². The van der Waals surface area contributed by atoms with E-state index in [1.165, 1.54) is 4.90 Å². The van der Waals surface area contributed by atoms with E-state index in [1.54, 1.807) is 42.5 Å². The minimum atomic E-state index is -0.541. The van der Waals surface area contributed by atoms with Crippen LogP contribution in [-0.4, -0.2) is 28.1 Å². The quantitative estimate of drug-likeness (QED) is 0.355. The fraction of sp³-hybridized carbons (Fsp3) is 0.0870. The summed E-state index contributed by atoms with van der Waals surface area (Å²) in [5.74, 6) is -0.356. The van der Waals surface area contributed by atoms with Gasteiger partial charge in [-0.15, -0.1) is 0 Å². The average Bonchev–Trinajstić information content (AvgIpc) is 3.21. The first-order chi connectivity index (χ1) is 15.0. The number of carbonyl (C=O) groups is 2. The summed E-state index contributed by atoms with van der Waals surface area (Å²) in [5.41, 5.74) is 2.04. The lowest BCUT2D eigenvalue weighted by molar-refractivity contribution is -0.122. The van der Waals surface area contributed by atoms with Crippen molar-refractivity contribution in [1.29, 1.82) is 0 Å². The number of halogens is 1. The minimum absolute atomic E-state index is 0.0172. The molecule has 0 saturated carbocycles. The van der Waals surface area contributed by atoms with Crippen LogP contribution in [0.5, 0.6) is 5.75 Å². The number of benzene rings is 2. The van der Waals surface area contributed by atoms with Crippen molar-refractivity contribution in [3.63, 3.8) is 0 Å². The van der Waals surface area contributed by atoms with E-state index in [2.05, 4.69) is 5.32 Å². The van der Waals surface area contributed by atoms with Crippen LogP contribution in [0.2, 0.25) is 5.02 Å². The number of hydrogen-bond donors (Lipinski definition) is 1. The zero-order chi connectivity index (χ0) is 22.0. The van der Waals surface area contributed by atoms with Crippen LogP contribution < -0.4 is 15.0 Å². The fourth-order valence-corrected chi connectivity index (χ4v) is 3.65. The maximum absolute atomic E-state index is 13.2. The van der Waals surface area contributed by atoms with Crippen LogP contribution in [0.25, 0.3) is 11.8 Å². The summed E-state index contributed by atoms with van der Waals surface area (Å²) in [6.07, 6.45) is 3.39. The molecule has 1 aliphatic heterocycles. The molecule has 0 aliphatic carbocycles. The lowest BCUT2D eigenvalue weighted by atomic mass is 10.1. The Morgan fingerprint density at radius 2 is 1.71 bits per heavy atom. The van der Waals surface area contributed by atoms with Crippen molar-refractivity contribution >= 4 is 52.5 Å².